The zero-order valence-electron chi connectivity index (χ0n) is 14.3. The van der Waals surface area contributed by atoms with E-state index in [1.807, 2.05) is 49.4 Å². The molecule has 25 heavy (non-hydrogen) atoms. The molecular weight excluding hydrogens is 314 g/mol. The molecule has 0 radical (unpaired) electrons. The number of carbonyl (C=O) groups excluding carboxylic acids is 1. The van der Waals surface area contributed by atoms with Gasteiger partial charge in [-0.15, -0.1) is 0 Å². The molecule has 0 amide bonds. The van der Waals surface area contributed by atoms with Gasteiger partial charge in [0, 0.05) is 0 Å². The van der Waals surface area contributed by atoms with E-state index in [4.69, 9.17) is 9.47 Å². The van der Waals surface area contributed by atoms with Crippen molar-refractivity contribution < 1.29 is 14.3 Å². The minimum Gasteiger partial charge on any atom is -0.496 e. The van der Waals surface area contributed by atoms with Gasteiger partial charge in [0.05, 0.1) is 18.4 Å². The van der Waals surface area contributed by atoms with Crippen molar-refractivity contribution in [3.63, 3.8) is 0 Å². The smallest absolute Gasteiger partial charge is 0.357 e. The van der Waals surface area contributed by atoms with Gasteiger partial charge in [0.25, 0.3) is 0 Å². The number of methoxy groups -OCH3 is 1. The quantitative estimate of drug-likeness (QED) is 0.507. The van der Waals surface area contributed by atoms with Crippen LogP contribution in [0, 0.1) is 6.92 Å². The molecule has 0 aliphatic rings. The Labute approximate surface area is 146 Å². The molecule has 0 saturated carbocycles. The first-order chi connectivity index (χ1) is 12.2. The van der Waals surface area contributed by atoms with Crippen LogP contribution in [-0.4, -0.2) is 24.7 Å². The zero-order chi connectivity index (χ0) is 17.8. The van der Waals surface area contributed by atoms with E-state index in [9.17, 15) is 4.79 Å². The summed E-state index contributed by atoms with van der Waals surface area (Å²) in [5, 5.41) is 2.10. The Morgan fingerprint density at radius 1 is 1.16 bits per heavy atom. The molecule has 0 fully saturated rings. The summed E-state index contributed by atoms with van der Waals surface area (Å²) in [6.45, 7) is 5.66. The fourth-order valence-corrected chi connectivity index (χ4v) is 2.77. The highest BCUT2D eigenvalue weighted by Crippen LogP contribution is 2.37. The molecule has 0 saturated heterocycles. The summed E-state index contributed by atoms with van der Waals surface area (Å²) in [6.07, 6.45) is 1.53. The standard InChI is InChI=1S/C21H19NO3/c1-4-13-25-21(23)17-11-9-14(2)20(22-17)19-16-8-6-5-7-15(16)10-12-18(19)24-3/h4-12H,1,13H2,2-3H3. The number of esters is 1. The summed E-state index contributed by atoms with van der Waals surface area (Å²) in [5.74, 6) is 0.242. The van der Waals surface area contributed by atoms with Gasteiger partial charge in [0.2, 0.25) is 0 Å². The molecular formula is C21H19NO3. The maximum Gasteiger partial charge on any atom is 0.357 e. The topological polar surface area (TPSA) is 48.4 Å². The Balaban J connectivity index is 2.20. The van der Waals surface area contributed by atoms with Crippen molar-refractivity contribution in [2.75, 3.05) is 13.7 Å². The van der Waals surface area contributed by atoms with Crippen molar-refractivity contribution in [3.05, 3.63) is 72.4 Å². The molecule has 126 valence electrons. The molecule has 4 heteroatoms. The van der Waals surface area contributed by atoms with Gasteiger partial charge >= 0.3 is 5.97 Å². The number of pyridine rings is 1. The Kier molecular flexibility index (Phi) is 4.80. The third-order valence-electron chi connectivity index (χ3n) is 3.99. The number of nitrogens with zero attached hydrogens (tertiary/aromatic N) is 1. The highest BCUT2D eigenvalue weighted by molar-refractivity contribution is 6.00. The number of hydrogen-bond donors (Lipinski definition) is 0. The molecule has 0 aliphatic heterocycles. The van der Waals surface area contributed by atoms with Crippen LogP contribution < -0.4 is 4.74 Å². The van der Waals surface area contributed by atoms with Gasteiger partial charge in [-0.05, 0) is 35.4 Å². The Morgan fingerprint density at radius 3 is 2.72 bits per heavy atom. The first-order valence-electron chi connectivity index (χ1n) is 7.97. The number of aryl methyl sites for hydroxylation is 1. The normalized spacial score (nSPS) is 10.5. The van der Waals surface area contributed by atoms with Crippen LogP contribution in [-0.2, 0) is 4.74 Å². The summed E-state index contributed by atoms with van der Waals surface area (Å²) in [6, 6.07) is 15.5. The van der Waals surface area contributed by atoms with Crippen LogP contribution in [0.15, 0.2) is 61.2 Å². The van der Waals surface area contributed by atoms with Gasteiger partial charge < -0.3 is 9.47 Å². The van der Waals surface area contributed by atoms with E-state index < -0.39 is 5.97 Å². The third kappa shape index (κ3) is 3.24. The lowest BCUT2D eigenvalue weighted by Gasteiger charge is -2.14. The number of fused-ring (bicyclic) bond motifs is 1. The molecule has 3 aromatic rings. The van der Waals surface area contributed by atoms with Gasteiger partial charge in [-0.25, -0.2) is 9.78 Å². The fourth-order valence-electron chi connectivity index (χ4n) is 2.77. The summed E-state index contributed by atoms with van der Waals surface area (Å²) in [5.41, 5.74) is 2.80. The van der Waals surface area contributed by atoms with Crippen LogP contribution in [0.2, 0.25) is 0 Å². The Morgan fingerprint density at radius 2 is 1.96 bits per heavy atom. The first kappa shape index (κ1) is 16.7. The second kappa shape index (κ2) is 7.18. The van der Waals surface area contributed by atoms with E-state index in [2.05, 4.69) is 11.6 Å². The van der Waals surface area contributed by atoms with Crippen LogP contribution in [0.25, 0.3) is 22.0 Å². The molecule has 0 bridgehead atoms. The lowest BCUT2D eigenvalue weighted by molar-refractivity contribution is 0.0543. The molecule has 3 rings (SSSR count). The number of ether oxygens (including phenoxy) is 2. The number of benzene rings is 2. The first-order valence-corrected chi connectivity index (χ1v) is 7.97. The number of aromatic nitrogens is 1. The summed E-state index contributed by atoms with van der Waals surface area (Å²) in [4.78, 5) is 16.7. The molecule has 0 unspecified atom stereocenters. The predicted molar refractivity (Wildman–Crippen MR) is 98.9 cm³/mol. The second-order valence-corrected chi connectivity index (χ2v) is 5.61. The SMILES string of the molecule is C=CCOC(=O)c1ccc(C)c(-c2c(OC)ccc3ccccc23)n1. The highest BCUT2D eigenvalue weighted by atomic mass is 16.5. The number of carbonyl (C=O) groups is 1. The van der Waals surface area contributed by atoms with Gasteiger partial charge in [-0.1, -0.05) is 49.1 Å². The van der Waals surface area contributed by atoms with Crippen molar-refractivity contribution in [1.29, 1.82) is 0 Å². The van der Waals surface area contributed by atoms with Crippen LogP contribution in [0.1, 0.15) is 16.1 Å². The van der Waals surface area contributed by atoms with Crippen molar-refractivity contribution >= 4 is 16.7 Å². The minimum absolute atomic E-state index is 0.154. The Hall–Kier alpha value is -3.14. The van der Waals surface area contributed by atoms with Crippen molar-refractivity contribution in [2.24, 2.45) is 0 Å². The molecule has 2 aromatic carbocycles. The lowest BCUT2D eigenvalue weighted by Crippen LogP contribution is -2.08. The molecule has 0 atom stereocenters. The summed E-state index contributed by atoms with van der Waals surface area (Å²) < 4.78 is 10.7. The van der Waals surface area contributed by atoms with E-state index in [-0.39, 0.29) is 12.3 Å². The van der Waals surface area contributed by atoms with E-state index in [1.165, 1.54) is 6.08 Å². The van der Waals surface area contributed by atoms with Crippen molar-refractivity contribution in [3.8, 4) is 17.0 Å². The van der Waals surface area contributed by atoms with Gasteiger partial charge in [0.15, 0.2) is 0 Å². The minimum atomic E-state index is -0.472. The zero-order valence-corrected chi connectivity index (χ0v) is 14.3. The molecule has 4 nitrogen and oxygen atoms in total. The fraction of sp³-hybridized carbons (Fsp3) is 0.143. The number of rotatable bonds is 5. The highest BCUT2D eigenvalue weighted by Gasteiger charge is 2.17. The predicted octanol–water partition coefficient (Wildman–Crippen LogP) is 4.56. The lowest BCUT2D eigenvalue weighted by atomic mass is 9.98. The summed E-state index contributed by atoms with van der Waals surface area (Å²) in [7, 11) is 1.63. The largest absolute Gasteiger partial charge is 0.496 e. The van der Waals surface area contributed by atoms with E-state index >= 15 is 0 Å². The second-order valence-electron chi connectivity index (χ2n) is 5.61. The maximum atomic E-state index is 12.2. The molecule has 0 N–H and O–H groups in total. The Bertz CT molecular complexity index is 947. The molecule has 1 aromatic heterocycles. The third-order valence-corrected chi connectivity index (χ3v) is 3.99. The van der Waals surface area contributed by atoms with Crippen molar-refractivity contribution in [2.45, 2.75) is 6.92 Å². The van der Waals surface area contributed by atoms with Gasteiger partial charge in [0.1, 0.15) is 18.1 Å². The molecule has 0 spiro atoms. The van der Waals surface area contributed by atoms with Crippen LogP contribution >= 0.6 is 0 Å². The average molecular weight is 333 g/mol. The van der Waals surface area contributed by atoms with E-state index in [1.54, 1.807) is 13.2 Å². The molecule has 1 heterocycles. The van der Waals surface area contributed by atoms with E-state index in [0.717, 1.165) is 21.9 Å². The van der Waals surface area contributed by atoms with Crippen molar-refractivity contribution in [1.82, 2.24) is 4.98 Å². The van der Waals surface area contributed by atoms with E-state index in [0.29, 0.717) is 11.4 Å². The summed E-state index contributed by atoms with van der Waals surface area (Å²) >= 11 is 0. The van der Waals surface area contributed by atoms with Gasteiger partial charge in [-0.3, -0.25) is 0 Å². The van der Waals surface area contributed by atoms with Gasteiger partial charge in [-0.2, -0.15) is 0 Å². The van der Waals surface area contributed by atoms with Crippen LogP contribution in [0.4, 0.5) is 0 Å². The van der Waals surface area contributed by atoms with Crippen LogP contribution in [0.5, 0.6) is 5.75 Å². The van der Waals surface area contributed by atoms with Crippen LogP contribution in [0.3, 0.4) is 0 Å². The maximum absolute atomic E-state index is 12.2. The monoisotopic (exact) mass is 333 g/mol. The molecule has 0 aliphatic carbocycles. The number of hydrogen-bond acceptors (Lipinski definition) is 4. The average Bonchev–Trinajstić information content (AvgIpc) is 2.65.